The van der Waals surface area contributed by atoms with Crippen molar-refractivity contribution in [2.75, 3.05) is 0 Å². The van der Waals surface area contributed by atoms with Gasteiger partial charge < -0.3 is 8.71 Å². The average Bonchev–Trinajstić information content (AvgIpc) is 2.96. The van der Waals surface area contributed by atoms with Crippen molar-refractivity contribution in [3.05, 3.63) is 54.0 Å². The van der Waals surface area contributed by atoms with Crippen LogP contribution in [0, 0.1) is 13.8 Å². The molecule has 0 saturated heterocycles. The summed E-state index contributed by atoms with van der Waals surface area (Å²) in [4.78, 5) is 8.29. The van der Waals surface area contributed by atoms with Crippen LogP contribution in [0.5, 0.6) is 5.75 Å². The monoisotopic (exact) mass is 355 g/mol. The molecule has 0 N–H and O–H groups in total. The summed E-state index contributed by atoms with van der Waals surface area (Å²) in [7, 11) is -4.08. The Kier molecular flexibility index (Phi) is 3.43. The zero-order valence-electron chi connectivity index (χ0n) is 13.4. The molecule has 0 aliphatic heterocycles. The molecule has 4 aromatic rings. The fourth-order valence-electron chi connectivity index (χ4n) is 2.51. The molecule has 3 aromatic heterocycles. The smallest absolute Gasteiger partial charge is 0.340 e. The van der Waals surface area contributed by atoms with E-state index in [9.17, 15) is 8.42 Å². The van der Waals surface area contributed by atoms with Crippen LogP contribution in [0.1, 0.15) is 11.4 Å². The van der Waals surface area contributed by atoms with E-state index in [0.29, 0.717) is 16.6 Å². The Balaban J connectivity index is 1.81. The molecule has 3 heterocycles. The highest BCUT2D eigenvalue weighted by Gasteiger charge is 2.21. The number of hydrogen-bond acceptors (Lipinski definition) is 7. The molecule has 25 heavy (non-hydrogen) atoms. The fraction of sp³-hybridized carbons (Fsp3) is 0.118. The van der Waals surface area contributed by atoms with Crippen molar-refractivity contribution < 1.29 is 17.1 Å². The van der Waals surface area contributed by atoms with Gasteiger partial charge in [-0.05, 0) is 32.0 Å². The first-order valence-electron chi connectivity index (χ1n) is 7.47. The molecule has 0 unspecified atom stereocenters. The van der Waals surface area contributed by atoms with E-state index >= 15 is 0 Å². The molecular weight excluding hydrogens is 342 g/mol. The highest BCUT2D eigenvalue weighted by atomic mass is 32.2. The van der Waals surface area contributed by atoms with Crippen molar-refractivity contribution >= 4 is 32.1 Å². The number of nitrogens with zero attached hydrogens (tertiary/aromatic N) is 3. The van der Waals surface area contributed by atoms with Gasteiger partial charge in [0.05, 0.1) is 17.3 Å². The van der Waals surface area contributed by atoms with Crippen LogP contribution in [0.3, 0.4) is 0 Å². The summed E-state index contributed by atoms with van der Waals surface area (Å²) in [5.41, 5.74) is 2.09. The van der Waals surface area contributed by atoms with Crippen molar-refractivity contribution in [3.63, 3.8) is 0 Å². The number of benzene rings is 1. The van der Waals surface area contributed by atoms with Gasteiger partial charge in [-0.2, -0.15) is 8.42 Å². The van der Waals surface area contributed by atoms with Crippen LogP contribution in [0.4, 0.5) is 0 Å². The van der Waals surface area contributed by atoms with Crippen LogP contribution >= 0.6 is 0 Å². The SMILES string of the molecule is Cc1ccc2cccc(OS(=O)(=O)c3cnc4onc(C)c4c3)c2n1. The lowest BCUT2D eigenvalue weighted by Crippen LogP contribution is -2.10. The zero-order valence-corrected chi connectivity index (χ0v) is 14.2. The number of fused-ring (bicyclic) bond motifs is 2. The third kappa shape index (κ3) is 2.70. The van der Waals surface area contributed by atoms with Gasteiger partial charge in [0, 0.05) is 11.1 Å². The van der Waals surface area contributed by atoms with Crippen molar-refractivity contribution in [2.24, 2.45) is 0 Å². The summed E-state index contributed by atoms with van der Waals surface area (Å²) in [5, 5.41) is 5.09. The maximum absolute atomic E-state index is 12.7. The molecule has 1 aromatic carbocycles. The van der Waals surface area contributed by atoms with E-state index in [1.807, 2.05) is 25.1 Å². The summed E-state index contributed by atoms with van der Waals surface area (Å²) in [6.45, 7) is 3.54. The lowest BCUT2D eigenvalue weighted by Gasteiger charge is -2.09. The molecular formula is C17H13N3O4S. The predicted octanol–water partition coefficient (Wildman–Crippen LogP) is 3.16. The Labute approximate surface area is 143 Å². The maximum atomic E-state index is 12.7. The first-order valence-corrected chi connectivity index (χ1v) is 8.88. The standard InChI is InChI=1S/C17H13N3O4S/c1-10-6-7-12-4-3-5-15(16(12)19-10)24-25(21,22)13-8-14-11(2)20-23-17(14)18-9-13/h3-9H,1-2H3. The molecule has 0 aliphatic rings. The van der Waals surface area contributed by atoms with Gasteiger partial charge in [-0.25, -0.2) is 9.97 Å². The zero-order chi connectivity index (χ0) is 17.6. The highest BCUT2D eigenvalue weighted by Crippen LogP contribution is 2.28. The van der Waals surface area contributed by atoms with Gasteiger partial charge in [0.2, 0.25) is 0 Å². The topological polar surface area (TPSA) is 95.2 Å². The van der Waals surface area contributed by atoms with E-state index < -0.39 is 10.1 Å². The molecule has 0 amide bonds. The number of aryl methyl sites for hydroxylation is 2. The fourth-order valence-corrected chi connectivity index (χ4v) is 3.42. The first kappa shape index (κ1) is 15.5. The largest absolute Gasteiger partial charge is 0.377 e. The average molecular weight is 355 g/mol. The summed E-state index contributed by atoms with van der Waals surface area (Å²) in [5.74, 6) is 0.170. The minimum atomic E-state index is -4.08. The molecule has 8 heteroatoms. The third-order valence-corrected chi connectivity index (χ3v) is 5.00. The van der Waals surface area contributed by atoms with Crippen molar-refractivity contribution in [2.45, 2.75) is 18.7 Å². The van der Waals surface area contributed by atoms with Crippen LogP contribution in [0.15, 0.2) is 52.0 Å². The van der Waals surface area contributed by atoms with Gasteiger partial charge >= 0.3 is 10.1 Å². The molecule has 0 atom stereocenters. The van der Waals surface area contributed by atoms with E-state index in [-0.39, 0.29) is 16.4 Å². The van der Waals surface area contributed by atoms with Gasteiger partial charge in [0.15, 0.2) is 5.75 Å². The molecule has 0 saturated carbocycles. The second-order valence-corrected chi connectivity index (χ2v) is 7.16. The summed E-state index contributed by atoms with van der Waals surface area (Å²) in [6, 6.07) is 10.3. The Hall–Kier alpha value is -3.00. The number of pyridine rings is 2. The highest BCUT2D eigenvalue weighted by molar-refractivity contribution is 7.87. The second-order valence-electron chi connectivity index (χ2n) is 5.61. The first-order chi connectivity index (χ1) is 11.9. The van der Waals surface area contributed by atoms with Crippen LogP contribution in [0.2, 0.25) is 0 Å². The minimum absolute atomic E-state index is 0.0732. The predicted molar refractivity (Wildman–Crippen MR) is 90.8 cm³/mol. The summed E-state index contributed by atoms with van der Waals surface area (Å²) < 4.78 is 35.7. The van der Waals surface area contributed by atoms with Crippen LogP contribution in [0.25, 0.3) is 22.0 Å². The van der Waals surface area contributed by atoms with Crippen molar-refractivity contribution in [1.82, 2.24) is 15.1 Å². The molecule has 7 nitrogen and oxygen atoms in total. The van der Waals surface area contributed by atoms with Gasteiger partial charge in [-0.15, -0.1) is 0 Å². The van der Waals surface area contributed by atoms with Crippen LogP contribution < -0.4 is 4.18 Å². The van der Waals surface area contributed by atoms with Crippen LogP contribution in [-0.2, 0) is 10.1 Å². The van der Waals surface area contributed by atoms with E-state index in [1.165, 1.54) is 12.3 Å². The molecule has 0 fully saturated rings. The minimum Gasteiger partial charge on any atom is -0.377 e. The Bertz CT molecular complexity index is 1220. The van der Waals surface area contributed by atoms with Crippen molar-refractivity contribution in [1.29, 1.82) is 0 Å². The molecule has 0 spiro atoms. The van der Waals surface area contributed by atoms with E-state index in [4.69, 9.17) is 8.71 Å². The summed E-state index contributed by atoms with van der Waals surface area (Å²) in [6.07, 6.45) is 1.19. The number of para-hydroxylation sites is 1. The van der Waals surface area contributed by atoms with Crippen LogP contribution in [-0.4, -0.2) is 23.5 Å². The van der Waals surface area contributed by atoms with Gasteiger partial charge in [-0.3, -0.25) is 0 Å². The number of rotatable bonds is 3. The quantitative estimate of drug-likeness (QED) is 0.521. The molecule has 0 aliphatic carbocycles. The van der Waals surface area contributed by atoms with E-state index in [1.54, 1.807) is 19.1 Å². The number of aromatic nitrogens is 3. The normalized spacial score (nSPS) is 11.9. The Morgan fingerprint density at radius 1 is 1.12 bits per heavy atom. The maximum Gasteiger partial charge on any atom is 0.340 e. The molecule has 0 bridgehead atoms. The van der Waals surface area contributed by atoms with Gasteiger partial charge in [0.1, 0.15) is 10.4 Å². The third-order valence-electron chi connectivity index (χ3n) is 3.80. The lowest BCUT2D eigenvalue weighted by molar-refractivity contribution is 0.442. The van der Waals surface area contributed by atoms with E-state index in [2.05, 4.69) is 15.1 Å². The molecule has 126 valence electrons. The molecule has 4 rings (SSSR count). The van der Waals surface area contributed by atoms with E-state index in [0.717, 1.165) is 11.1 Å². The Morgan fingerprint density at radius 2 is 1.96 bits per heavy atom. The Morgan fingerprint density at radius 3 is 2.80 bits per heavy atom. The summed E-state index contributed by atoms with van der Waals surface area (Å²) >= 11 is 0. The van der Waals surface area contributed by atoms with Crippen molar-refractivity contribution in [3.8, 4) is 5.75 Å². The number of hydrogen-bond donors (Lipinski definition) is 0. The van der Waals surface area contributed by atoms with Gasteiger partial charge in [-0.1, -0.05) is 23.4 Å². The second kappa shape index (κ2) is 5.52. The molecule has 0 radical (unpaired) electrons. The lowest BCUT2D eigenvalue weighted by atomic mass is 10.2. The van der Waals surface area contributed by atoms with Gasteiger partial charge in [0.25, 0.3) is 5.71 Å².